The summed E-state index contributed by atoms with van der Waals surface area (Å²) in [6, 6.07) is 9.61. The summed E-state index contributed by atoms with van der Waals surface area (Å²) in [5.74, 6) is 0.249. The topological polar surface area (TPSA) is 29.4 Å². The third-order valence-electron chi connectivity index (χ3n) is 2.32. The van der Waals surface area contributed by atoms with Crippen LogP contribution >= 0.6 is 0 Å². The number of isocyanates is 1. The summed E-state index contributed by atoms with van der Waals surface area (Å²) < 4.78 is 0. The van der Waals surface area contributed by atoms with E-state index in [1.807, 2.05) is 44.2 Å². The second-order valence-corrected chi connectivity index (χ2v) is 3.80. The van der Waals surface area contributed by atoms with Gasteiger partial charge in [0, 0.05) is 0 Å². The monoisotopic (exact) mass is 201 g/mol. The molecule has 0 heterocycles. The molecule has 15 heavy (non-hydrogen) atoms. The Morgan fingerprint density at radius 2 is 1.93 bits per heavy atom. The maximum absolute atomic E-state index is 10.3. The number of hydrogen-bond donors (Lipinski definition) is 0. The molecule has 0 bridgehead atoms. The maximum atomic E-state index is 10.3. The first kappa shape index (κ1) is 11.4. The second-order valence-electron chi connectivity index (χ2n) is 3.80. The van der Waals surface area contributed by atoms with Crippen LogP contribution in [-0.4, -0.2) is 12.1 Å². The summed E-state index contributed by atoms with van der Waals surface area (Å²) in [5, 5.41) is 0. The van der Waals surface area contributed by atoms with Crippen LogP contribution in [0.15, 0.2) is 41.9 Å². The molecule has 0 radical (unpaired) electrons. The number of nitrogens with zero attached hydrogens (tertiary/aromatic N) is 1. The molecule has 1 aromatic rings. The number of carbonyl (C=O) groups excluding carboxylic acids is 1. The van der Waals surface area contributed by atoms with Gasteiger partial charge in [-0.1, -0.05) is 50.8 Å². The van der Waals surface area contributed by atoms with Gasteiger partial charge in [-0.25, -0.2) is 4.79 Å². The average molecular weight is 201 g/mol. The molecule has 1 aromatic carbocycles. The van der Waals surface area contributed by atoms with E-state index in [1.165, 1.54) is 0 Å². The van der Waals surface area contributed by atoms with Crippen LogP contribution in [0.1, 0.15) is 19.4 Å². The van der Waals surface area contributed by atoms with Gasteiger partial charge >= 0.3 is 0 Å². The highest BCUT2D eigenvalue weighted by Gasteiger charge is 2.16. The Balaban J connectivity index is 2.96. The van der Waals surface area contributed by atoms with Crippen LogP contribution in [0.25, 0.3) is 5.57 Å². The first-order valence-electron chi connectivity index (χ1n) is 4.98. The van der Waals surface area contributed by atoms with Gasteiger partial charge in [0.2, 0.25) is 6.08 Å². The van der Waals surface area contributed by atoms with Crippen molar-refractivity contribution in [3.63, 3.8) is 0 Å². The smallest absolute Gasteiger partial charge is 0.211 e. The summed E-state index contributed by atoms with van der Waals surface area (Å²) in [5.41, 5.74) is 1.89. The van der Waals surface area contributed by atoms with Crippen LogP contribution in [-0.2, 0) is 4.79 Å². The van der Waals surface area contributed by atoms with Gasteiger partial charge in [0.15, 0.2) is 0 Å². The minimum atomic E-state index is -0.176. The standard InChI is InChI=1S/C13H15NO/c1-10(2)13(14-9-15)11(3)12-7-5-4-6-8-12/h4-8,10,13H,3H2,1-2H3/t13-/m0/s1. The van der Waals surface area contributed by atoms with E-state index in [2.05, 4.69) is 11.6 Å². The quantitative estimate of drug-likeness (QED) is 0.543. The molecule has 0 saturated carbocycles. The number of rotatable bonds is 4. The van der Waals surface area contributed by atoms with Gasteiger partial charge in [0.05, 0.1) is 6.04 Å². The molecular weight excluding hydrogens is 186 g/mol. The SMILES string of the molecule is C=C(c1ccccc1)[C@@H](N=C=O)C(C)C. The summed E-state index contributed by atoms with van der Waals surface area (Å²) in [6.45, 7) is 8.02. The molecule has 1 rings (SSSR count). The van der Waals surface area contributed by atoms with E-state index in [0.717, 1.165) is 11.1 Å². The highest BCUT2D eigenvalue weighted by molar-refractivity contribution is 5.68. The molecule has 0 fully saturated rings. The molecule has 0 aliphatic rings. The zero-order chi connectivity index (χ0) is 11.3. The van der Waals surface area contributed by atoms with E-state index in [1.54, 1.807) is 6.08 Å². The van der Waals surface area contributed by atoms with E-state index in [4.69, 9.17) is 0 Å². The highest BCUT2D eigenvalue weighted by Crippen LogP contribution is 2.23. The van der Waals surface area contributed by atoms with E-state index in [0.29, 0.717) is 0 Å². The molecule has 0 aliphatic carbocycles. The summed E-state index contributed by atoms with van der Waals surface area (Å²) >= 11 is 0. The van der Waals surface area contributed by atoms with Gasteiger partial charge in [0.1, 0.15) is 0 Å². The molecule has 0 N–H and O–H groups in total. The zero-order valence-corrected chi connectivity index (χ0v) is 9.10. The largest absolute Gasteiger partial charge is 0.235 e. The lowest BCUT2D eigenvalue weighted by Gasteiger charge is -2.17. The van der Waals surface area contributed by atoms with Crippen molar-refractivity contribution in [2.45, 2.75) is 19.9 Å². The van der Waals surface area contributed by atoms with Gasteiger partial charge in [-0.15, -0.1) is 0 Å². The molecule has 0 saturated heterocycles. The zero-order valence-electron chi connectivity index (χ0n) is 9.10. The molecule has 2 heteroatoms. The molecule has 0 unspecified atom stereocenters. The molecule has 1 atom stereocenters. The molecular formula is C13H15NO. The Bertz CT molecular complexity index is 375. The van der Waals surface area contributed by atoms with Gasteiger partial charge in [-0.3, -0.25) is 0 Å². The van der Waals surface area contributed by atoms with Gasteiger partial charge < -0.3 is 0 Å². The Labute approximate surface area is 90.4 Å². The van der Waals surface area contributed by atoms with Crippen molar-refractivity contribution >= 4 is 11.7 Å². The fraction of sp³-hybridized carbons (Fsp3) is 0.308. The van der Waals surface area contributed by atoms with E-state index >= 15 is 0 Å². The summed E-state index contributed by atoms with van der Waals surface area (Å²) in [7, 11) is 0. The Kier molecular flexibility index (Phi) is 4.02. The van der Waals surface area contributed by atoms with Gasteiger partial charge in [0.25, 0.3) is 0 Å². The van der Waals surface area contributed by atoms with Crippen LogP contribution in [0.3, 0.4) is 0 Å². The van der Waals surface area contributed by atoms with E-state index in [-0.39, 0.29) is 12.0 Å². The van der Waals surface area contributed by atoms with E-state index < -0.39 is 0 Å². The van der Waals surface area contributed by atoms with Crippen LogP contribution in [0.5, 0.6) is 0 Å². The molecule has 0 aliphatic heterocycles. The Morgan fingerprint density at radius 1 is 1.33 bits per heavy atom. The molecule has 2 nitrogen and oxygen atoms in total. The number of hydrogen-bond acceptors (Lipinski definition) is 2. The Hall–Kier alpha value is -1.66. The third kappa shape index (κ3) is 2.90. The normalized spacial score (nSPS) is 11.9. The van der Waals surface area contributed by atoms with Crippen LogP contribution in [0.4, 0.5) is 0 Å². The third-order valence-corrected chi connectivity index (χ3v) is 2.32. The minimum absolute atomic E-state index is 0.176. The first-order valence-corrected chi connectivity index (χ1v) is 4.98. The molecule has 0 spiro atoms. The maximum Gasteiger partial charge on any atom is 0.235 e. The molecule has 0 amide bonds. The average Bonchev–Trinajstić information content (AvgIpc) is 2.26. The lowest BCUT2D eigenvalue weighted by molar-refractivity contribution is 0.543. The van der Waals surface area contributed by atoms with Gasteiger partial charge in [-0.2, -0.15) is 4.99 Å². The molecule has 0 aromatic heterocycles. The predicted molar refractivity (Wildman–Crippen MR) is 62.2 cm³/mol. The first-order chi connectivity index (χ1) is 7.16. The second kappa shape index (κ2) is 5.28. The van der Waals surface area contributed by atoms with Crippen molar-refractivity contribution in [1.29, 1.82) is 0 Å². The van der Waals surface area contributed by atoms with Crippen molar-refractivity contribution < 1.29 is 4.79 Å². The number of benzene rings is 1. The van der Waals surface area contributed by atoms with Crippen LogP contribution in [0, 0.1) is 5.92 Å². The Morgan fingerprint density at radius 3 is 2.40 bits per heavy atom. The van der Waals surface area contributed by atoms with Gasteiger partial charge in [-0.05, 0) is 17.1 Å². The predicted octanol–water partition coefficient (Wildman–Crippen LogP) is 3.06. The van der Waals surface area contributed by atoms with Crippen molar-refractivity contribution in [3.05, 3.63) is 42.5 Å². The lowest BCUT2D eigenvalue weighted by Crippen LogP contribution is -2.14. The summed E-state index contributed by atoms with van der Waals surface area (Å²) in [6.07, 6.45) is 1.61. The van der Waals surface area contributed by atoms with Crippen LogP contribution < -0.4 is 0 Å². The highest BCUT2D eigenvalue weighted by atomic mass is 16.1. The fourth-order valence-corrected chi connectivity index (χ4v) is 1.51. The minimum Gasteiger partial charge on any atom is -0.211 e. The van der Waals surface area contributed by atoms with Crippen molar-refractivity contribution in [1.82, 2.24) is 0 Å². The summed E-state index contributed by atoms with van der Waals surface area (Å²) in [4.78, 5) is 14.1. The van der Waals surface area contributed by atoms with E-state index in [9.17, 15) is 4.79 Å². The van der Waals surface area contributed by atoms with Crippen molar-refractivity contribution in [2.75, 3.05) is 0 Å². The fourth-order valence-electron chi connectivity index (χ4n) is 1.51. The van der Waals surface area contributed by atoms with Crippen LogP contribution in [0.2, 0.25) is 0 Å². The van der Waals surface area contributed by atoms with Crippen molar-refractivity contribution in [3.8, 4) is 0 Å². The molecule has 78 valence electrons. The number of aliphatic imine (C=N–C) groups is 1. The lowest BCUT2D eigenvalue weighted by atomic mass is 9.92. The van der Waals surface area contributed by atoms with Crippen molar-refractivity contribution in [2.24, 2.45) is 10.9 Å².